The fourth-order valence-electron chi connectivity index (χ4n) is 1.80. The molecule has 96 valence electrons. The van der Waals surface area contributed by atoms with E-state index in [1.165, 1.54) is 0 Å². The topological polar surface area (TPSA) is 70.1 Å². The number of rotatable bonds is 4. The van der Waals surface area contributed by atoms with Crippen LogP contribution in [0.3, 0.4) is 0 Å². The van der Waals surface area contributed by atoms with Crippen LogP contribution in [0.2, 0.25) is 0 Å². The first-order valence-corrected chi connectivity index (χ1v) is 6.01. The van der Waals surface area contributed by atoms with Crippen LogP contribution < -0.4 is 5.73 Å². The number of nitrogens with two attached hydrogens (primary N) is 1. The number of carbonyl (C=O) groups excluding carboxylic acids is 1. The highest BCUT2D eigenvalue weighted by Gasteiger charge is 2.20. The van der Waals surface area contributed by atoms with Gasteiger partial charge in [0.25, 0.3) is 5.91 Å². The Morgan fingerprint density at radius 3 is 2.67 bits per heavy atom. The molecule has 1 rings (SSSR count). The van der Waals surface area contributed by atoms with Crippen molar-refractivity contribution in [2.45, 2.75) is 33.2 Å². The molecule has 1 amide bonds. The van der Waals surface area contributed by atoms with Crippen LogP contribution in [0, 0.1) is 18.3 Å². The van der Waals surface area contributed by atoms with Gasteiger partial charge >= 0.3 is 0 Å². The van der Waals surface area contributed by atoms with E-state index < -0.39 is 0 Å². The van der Waals surface area contributed by atoms with E-state index in [9.17, 15) is 4.79 Å². The molecular weight excluding hydrogens is 226 g/mol. The minimum absolute atomic E-state index is 0.0477. The number of hydrogen-bond acceptors (Lipinski definition) is 3. The maximum atomic E-state index is 12.4. The van der Waals surface area contributed by atoms with E-state index >= 15 is 0 Å². The van der Waals surface area contributed by atoms with Crippen LogP contribution in [0.4, 0.5) is 5.69 Å². The maximum absolute atomic E-state index is 12.4. The molecule has 0 heterocycles. The Balaban J connectivity index is 2.99. The van der Waals surface area contributed by atoms with Crippen LogP contribution in [0.25, 0.3) is 0 Å². The van der Waals surface area contributed by atoms with Gasteiger partial charge in [0, 0.05) is 18.3 Å². The highest BCUT2D eigenvalue weighted by Crippen LogP contribution is 2.17. The van der Waals surface area contributed by atoms with Crippen molar-refractivity contribution in [2.75, 3.05) is 12.3 Å². The number of aryl methyl sites for hydroxylation is 1. The largest absolute Gasteiger partial charge is 0.398 e. The Labute approximate surface area is 108 Å². The van der Waals surface area contributed by atoms with Gasteiger partial charge in [-0.05, 0) is 38.5 Å². The molecule has 0 fully saturated rings. The van der Waals surface area contributed by atoms with Gasteiger partial charge in [-0.2, -0.15) is 5.26 Å². The Morgan fingerprint density at radius 1 is 1.50 bits per heavy atom. The van der Waals surface area contributed by atoms with E-state index in [-0.39, 0.29) is 11.9 Å². The number of anilines is 1. The molecule has 18 heavy (non-hydrogen) atoms. The van der Waals surface area contributed by atoms with Crippen LogP contribution in [0.15, 0.2) is 18.2 Å². The minimum Gasteiger partial charge on any atom is -0.398 e. The van der Waals surface area contributed by atoms with Crippen molar-refractivity contribution in [1.82, 2.24) is 4.90 Å². The molecule has 2 N–H and O–H groups in total. The first-order valence-electron chi connectivity index (χ1n) is 6.01. The van der Waals surface area contributed by atoms with Crippen molar-refractivity contribution in [3.05, 3.63) is 29.3 Å². The van der Waals surface area contributed by atoms with Crippen molar-refractivity contribution in [3.8, 4) is 6.07 Å². The molecule has 0 aliphatic heterocycles. The second-order valence-electron chi connectivity index (χ2n) is 4.59. The molecule has 0 bridgehead atoms. The number of benzene rings is 1. The Kier molecular flexibility index (Phi) is 4.73. The molecule has 0 aliphatic rings. The lowest BCUT2D eigenvalue weighted by molar-refractivity contribution is 0.0711. The number of nitriles is 1. The van der Waals surface area contributed by atoms with E-state index in [1.807, 2.05) is 26.8 Å². The maximum Gasteiger partial charge on any atom is 0.256 e. The molecule has 0 radical (unpaired) electrons. The Bertz CT molecular complexity index is 474. The summed E-state index contributed by atoms with van der Waals surface area (Å²) in [5.74, 6) is -0.113. The summed E-state index contributed by atoms with van der Waals surface area (Å²) in [4.78, 5) is 14.0. The van der Waals surface area contributed by atoms with Gasteiger partial charge in [0.15, 0.2) is 0 Å². The minimum atomic E-state index is -0.113. The second kappa shape index (κ2) is 6.06. The predicted molar refractivity (Wildman–Crippen MR) is 72.0 cm³/mol. The predicted octanol–water partition coefficient (Wildman–Crippen LogP) is 2.34. The van der Waals surface area contributed by atoms with Crippen LogP contribution in [-0.4, -0.2) is 23.4 Å². The molecule has 1 aromatic rings. The van der Waals surface area contributed by atoms with Crippen molar-refractivity contribution in [3.63, 3.8) is 0 Å². The molecule has 0 saturated heterocycles. The van der Waals surface area contributed by atoms with Crippen LogP contribution in [0.5, 0.6) is 0 Å². The summed E-state index contributed by atoms with van der Waals surface area (Å²) in [6.45, 7) is 6.22. The van der Waals surface area contributed by atoms with Gasteiger partial charge in [-0.15, -0.1) is 0 Å². The lowest BCUT2D eigenvalue weighted by atomic mass is 10.1. The van der Waals surface area contributed by atoms with E-state index in [4.69, 9.17) is 11.0 Å². The number of hydrogen-bond donors (Lipinski definition) is 1. The lowest BCUT2D eigenvalue weighted by Crippen LogP contribution is -2.38. The van der Waals surface area contributed by atoms with Gasteiger partial charge in [0.1, 0.15) is 0 Å². The molecule has 0 unspecified atom stereocenters. The average Bonchev–Trinajstić information content (AvgIpc) is 2.28. The molecule has 0 saturated carbocycles. The normalized spacial score (nSPS) is 10.2. The number of nitrogens with zero attached hydrogens (tertiary/aromatic N) is 2. The zero-order chi connectivity index (χ0) is 13.7. The third-order valence-electron chi connectivity index (χ3n) is 2.79. The van der Waals surface area contributed by atoms with Crippen LogP contribution in [0.1, 0.15) is 36.2 Å². The van der Waals surface area contributed by atoms with Gasteiger partial charge < -0.3 is 10.6 Å². The van der Waals surface area contributed by atoms with Gasteiger partial charge in [-0.1, -0.05) is 6.07 Å². The summed E-state index contributed by atoms with van der Waals surface area (Å²) < 4.78 is 0. The molecule has 4 nitrogen and oxygen atoms in total. The Hall–Kier alpha value is -2.02. The average molecular weight is 245 g/mol. The fraction of sp³-hybridized carbons (Fsp3) is 0.429. The van der Waals surface area contributed by atoms with E-state index in [0.29, 0.717) is 24.2 Å². The molecule has 4 heteroatoms. The fourth-order valence-corrected chi connectivity index (χ4v) is 1.80. The van der Waals surface area contributed by atoms with E-state index in [2.05, 4.69) is 6.07 Å². The van der Waals surface area contributed by atoms with Gasteiger partial charge in [-0.3, -0.25) is 4.79 Å². The number of nitrogen functional groups attached to an aromatic ring is 1. The monoisotopic (exact) mass is 245 g/mol. The highest BCUT2D eigenvalue weighted by atomic mass is 16.2. The van der Waals surface area contributed by atoms with Crippen molar-refractivity contribution in [2.24, 2.45) is 0 Å². The first kappa shape index (κ1) is 14.0. The quantitative estimate of drug-likeness (QED) is 0.828. The highest BCUT2D eigenvalue weighted by molar-refractivity contribution is 5.99. The SMILES string of the molecule is Cc1ccc(C(=O)N(CCC#N)C(C)C)c(N)c1. The third-order valence-corrected chi connectivity index (χ3v) is 2.79. The van der Waals surface area contributed by atoms with Crippen LogP contribution in [-0.2, 0) is 0 Å². The smallest absolute Gasteiger partial charge is 0.256 e. The second-order valence-corrected chi connectivity index (χ2v) is 4.59. The summed E-state index contributed by atoms with van der Waals surface area (Å²) in [6, 6.07) is 7.51. The van der Waals surface area contributed by atoms with E-state index in [1.54, 1.807) is 17.0 Å². The van der Waals surface area contributed by atoms with E-state index in [0.717, 1.165) is 5.56 Å². The van der Waals surface area contributed by atoms with Gasteiger partial charge in [0.05, 0.1) is 18.1 Å². The summed E-state index contributed by atoms with van der Waals surface area (Å²) >= 11 is 0. The van der Waals surface area contributed by atoms with Gasteiger partial charge in [-0.25, -0.2) is 0 Å². The van der Waals surface area contributed by atoms with Crippen molar-refractivity contribution in [1.29, 1.82) is 5.26 Å². The zero-order valence-corrected chi connectivity index (χ0v) is 11.1. The summed E-state index contributed by atoms with van der Waals surface area (Å²) in [5, 5.41) is 8.63. The molecular formula is C14H19N3O. The first-order chi connectivity index (χ1) is 8.47. The molecule has 0 aromatic heterocycles. The molecule has 0 spiro atoms. The summed E-state index contributed by atoms with van der Waals surface area (Å²) in [7, 11) is 0. The Morgan fingerprint density at radius 2 is 2.17 bits per heavy atom. The lowest BCUT2D eigenvalue weighted by Gasteiger charge is -2.26. The zero-order valence-electron chi connectivity index (χ0n) is 11.1. The summed E-state index contributed by atoms with van der Waals surface area (Å²) in [6.07, 6.45) is 0.329. The number of carbonyl (C=O) groups is 1. The summed E-state index contributed by atoms with van der Waals surface area (Å²) in [5.41, 5.74) is 7.90. The van der Waals surface area contributed by atoms with Gasteiger partial charge in [0.2, 0.25) is 0 Å². The van der Waals surface area contributed by atoms with Crippen molar-refractivity contribution < 1.29 is 4.79 Å². The standard InChI is InChI=1S/C14H19N3O/c1-10(2)17(8-4-7-15)14(18)12-6-5-11(3)9-13(12)16/h5-6,9-10H,4,8,16H2,1-3H3. The molecule has 1 aromatic carbocycles. The van der Waals surface area contributed by atoms with Crippen molar-refractivity contribution >= 4 is 11.6 Å². The van der Waals surface area contributed by atoms with Crippen LogP contribution >= 0.6 is 0 Å². The number of amides is 1. The molecule has 0 atom stereocenters. The molecule has 0 aliphatic carbocycles. The third kappa shape index (κ3) is 3.24.